The van der Waals surface area contributed by atoms with E-state index in [1.807, 2.05) is 0 Å². The van der Waals surface area contributed by atoms with Crippen molar-refractivity contribution >= 4 is 17.5 Å². The lowest BCUT2D eigenvalue weighted by Gasteiger charge is -2.21. The van der Waals surface area contributed by atoms with E-state index in [0.717, 1.165) is 25.3 Å². The maximum absolute atomic E-state index is 12.4. The highest BCUT2D eigenvalue weighted by atomic mass is 16.5. The van der Waals surface area contributed by atoms with Crippen LogP contribution in [0.15, 0.2) is 23.2 Å². The minimum atomic E-state index is -0.669. The largest absolute Gasteiger partial charge is 0.504 e. The van der Waals surface area contributed by atoms with E-state index in [4.69, 9.17) is 9.47 Å². The van der Waals surface area contributed by atoms with E-state index in [0.29, 0.717) is 6.42 Å². The standard InChI is InChI=1S/C24H38O6/c1-4-5-6-7-8-9-10-11-12-13-14-15-19(30-18(2)25)16-20-23(27)21(26)17-22(29-3)24(20)28/h17,19,27H,4-16H2,1-3H3/t19-/m1/s1. The highest BCUT2D eigenvalue weighted by Crippen LogP contribution is 2.25. The van der Waals surface area contributed by atoms with Crippen LogP contribution in [0.1, 0.15) is 97.3 Å². The monoisotopic (exact) mass is 422 g/mol. The number of aliphatic hydroxyl groups excluding tert-OH is 1. The van der Waals surface area contributed by atoms with Gasteiger partial charge in [-0.05, 0) is 12.8 Å². The van der Waals surface area contributed by atoms with Crippen molar-refractivity contribution in [2.45, 2.75) is 103 Å². The predicted octanol–water partition coefficient (Wildman–Crippen LogP) is 5.50. The Bertz CT molecular complexity index is 632. The van der Waals surface area contributed by atoms with Crippen LogP contribution < -0.4 is 0 Å². The molecule has 0 spiro atoms. The van der Waals surface area contributed by atoms with Gasteiger partial charge in [-0.25, -0.2) is 0 Å². The first-order valence-electron chi connectivity index (χ1n) is 11.3. The number of ether oxygens (including phenoxy) is 2. The molecule has 0 saturated carbocycles. The number of allylic oxidation sites excluding steroid dienone is 2. The number of aliphatic hydroxyl groups is 1. The van der Waals surface area contributed by atoms with Crippen molar-refractivity contribution < 1.29 is 29.0 Å². The molecule has 0 bridgehead atoms. The summed E-state index contributed by atoms with van der Waals surface area (Å²) >= 11 is 0. The lowest BCUT2D eigenvalue weighted by molar-refractivity contribution is -0.146. The summed E-state index contributed by atoms with van der Waals surface area (Å²) in [6.07, 6.45) is 14.4. The van der Waals surface area contributed by atoms with Crippen LogP contribution in [0, 0.1) is 0 Å². The van der Waals surface area contributed by atoms with Crippen molar-refractivity contribution in [2.24, 2.45) is 0 Å². The zero-order valence-corrected chi connectivity index (χ0v) is 18.8. The first kappa shape index (κ1) is 25.9. The zero-order chi connectivity index (χ0) is 22.4. The first-order chi connectivity index (χ1) is 14.4. The second-order valence-corrected chi connectivity index (χ2v) is 7.99. The van der Waals surface area contributed by atoms with Crippen molar-refractivity contribution in [1.29, 1.82) is 0 Å². The molecule has 0 amide bonds. The Hall–Kier alpha value is -2.11. The molecule has 1 N–H and O–H groups in total. The molecule has 0 saturated heterocycles. The first-order valence-corrected chi connectivity index (χ1v) is 11.3. The zero-order valence-electron chi connectivity index (χ0n) is 18.8. The molecule has 1 aliphatic carbocycles. The molecular weight excluding hydrogens is 384 g/mol. The number of ketones is 2. The summed E-state index contributed by atoms with van der Waals surface area (Å²) in [5.74, 6) is -2.34. The van der Waals surface area contributed by atoms with Gasteiger partial charge in [-0.2, -0.15) is 0 Å². The molecule has 0 aromatic rings. The van der Waals surface area contributed by atoms with Gasteiger partial charge in [0.05, 0.1) is 12.7 Å². The smallest absolute Gasteiger partial charge is 0.302 e. The summed E-state index contributed by atoms with van der Waals surface area (Å²) in [6.45, 7) is 3.54. The molecule has 0 radical (unpaired) electrons. The average molecular weight is 423 g/mol. The molecule has 0 heterocycles. The third-order valence-electron chi connectivity index (χ3n) is 5.39. The van der Waals surface area contributed by atoms with E-state index < -0.39 is 29.4 Å². The summed E-state index contributed by atoms with van der Waals surface area (Å²) in [4.78, 5) is 35.7. The van der Waals surface area contributed by atoms with Gasteiger partial charge in [0.1, 0.15) is 6.10 Å². The van der Waals surface area contributed by atoms with Crippen molar-refractivity contribution in [1.82, 2.24) is 0 Å². The van der Waals surface area contributed by atoms with Crippen LogP contribution in [-0.2, 0) is 23.9 Å². The normalized spacial score (nSPS) is 15.2. The highest BCUT2D eigenvalue weighted by molar-refractivity contribution is 6.20. The van der Waals surface area contributed by atoms with E-state index >= 15 is 0 Å². The fourth-order valence-corrected chi connectivity index (χ4v) is 3.70. The number of hydrogen-bond acceptors (Lipinski definition) is 6. The highest BCUT2D eigenvalue weighted by Gasteiger charge is 2.31. The number of unbranched alkanes of at least 4 members (excludes halogenated alkanes) is 10. The Kier molecular flexibility index (Phi) is 12.8. The lowest BCUT2D eigenvalue weighted by Crippen LogP contribution is -2.25. The van der Waals surface area contributed by atoms with Gasteiger partial charge in [-0.1, -0.05) is 71.1 Å². The lowest BCUT2D eigenvalue weighted by atomic mass is 9.93. The molecule has 6 nitrogen and oxygen atoms in total. The van der Waals surface area contributed by atoms with Crippen LogP contribution >= 0.6 is 0 Å². The number of Topliss-reactive ketones (excluding diaryl/α,β-unsaturated/α-hetero) is 1. The number of methoxy groups -OCH3 is 1. The van der Waals surface area contributed by atoms with Crippen LogP contribution in [-0.4, -0.2) is 35.9 Å². The van der Waals surface area contributed by atoms with Gasteiger partial charge in [0.2, 0.25) is 11.6 Å². The molecule has 0 aromatic heterocycles. The maximum Gasteiger partial charge on any atom is 0.302 e. The van der Waals surface area contributed by atoms with E-state index in [1.54, 1.807) is 0 Å². The SMILES string of the molecule is CCCCCCCCCCCCC[C@H](CC1=C(O)C(=O)C=C(OC)C1=O)OC(C)=O. The summed E-state index contributed by atoms with van der Waals surface area (Å²) in [6, 6.07) is 0. The average Bonchev–Trinajstić information content (AvgIpc) is 2.71. The van der Waals surface area contributed by atoms with Crippen LogP contribution in [0.25, 0.3) is 0 Å². The molecule has 0 fully saturated rings. The number of rotatable bonds is 16. The Labute approximate surface area is 180 Å². The van der Waals surface area contributed by atoms with Crippen LogP contribution in [0.5, 0.6) is 0 Å². The third kappa shape index (κ3) is 9.59. The van der Waals surface area contributed by atoms with Crippen molar-refractivity contribution in [3.8, 4) is 0 Å². The molecular formula is C24H38O6. The number of hydrogen-bond donors (Lipinski definition) is 1. The summed E-state index contributed by atoms with van der Waals surface area (Å²) in [5, 5.41) is 10.0. The third-order valence-corrected chi connectivity index (χ3v) is 5.39. The Balaban J connectivity index is 2.39. The van der Waals surface area contributed by atoms with Crippen molar-refractivity contribution in [2.75, 3.05) is 7.11 Å². The minimum Gasteiger partial charge on any atom is -0.504 e. The Morgan fingerprint density at radius 3 is 2.00 bits per heavy atom. The van der Waals surface area contributed by atoms with Crippen LogP contribution in [0.4, 0.5) is 0 Å². The second kappa shape index (κ2) is 14.8. The van der Waals surface area contributed by atoms with Crippen molar-refractivity contribution in [3.05, 3.63) is 23.2 Å². The summed E-state index contributed by atoms with van der Waals surface area (Å²) < 4.78 is 10.3. The predicted molar refractivity (Wildman–Crippen MR) is 116 cm³/mol. The molecule has 0 aliphatic heterocycles. The van der Waals surface area contributed by atoms with E-state index in [1.165, 1.54) is 65.4 Å². The molecule has 6 heteroatoms. The van der Waals surface area contributed by atoms with E-state index in [2.05, 4.69) is 6.92 Å². The molecule has 170 valence electrons. The van der Waals surface area contributed by atoms with Crippen LogP contribution in [0.2, 0.25) is 0 Å². The van der Waals surface area contributed by atoms with Gasteiger partial charge in [0.15, 0.2) is 11.5 Å². The fourth-order valence-electron chi connectivity index (χ4n) is 3.70. The molecule has 1 rings (SSSR count). The Morgan fingerprint density at radius 2 is 1.50 bits per heavy atom. The van der Waals surface area contributed by atoms with Gasteiger partial charge >= 0.3 is 5.97 Å². The molecule has 0 unspecified atom stereocenters. The quantitative estimate of drug-likeness (QED) is 0.201. The second-order valence-electron chi connectivity index (χ2n) is 7.99. The van der Waals surface area contributed by atoms with Gasteiger partial charge in [0, 0.05) is 19.4 Å². The molecule has 1 atom stereocenters. The van der Waals surface area contributed by atoms with Gasteiger partial charge < -0.3 is 14.6 Å². The Morgan fingerprint density at radius 1 is 0.967 bits per heavy atom. The maximum atomic E-state index is 12.4. The van der Waals surface area contributed by atoms with Gasteiger partial charge in [-0.15, -0.1) is 0 Å². The molecule has 1 aliphatic rings. The van der Waals surface area contributed by atoms with E-state index in [-0.39, 0.29) is 17.8 Å². The number of esters is 1. The van der Waals surface area contributed by atoms with Crippen molar-refractivity contribution in [3.63, 3.8) is 0 Å². The number of carbonyl (C=O) groups is 3. The number of carbonyl (C=O) groups excluding carboxylic acids is 3. The summed E-state index contributed by atoms with van der Waals surface area (Å²) in [5.41, 5.74) is -0.0475. The fraction of sp³-hybridized carbons (Fsp3) is 0.708. The van der Waals surface area contributed by atoms with E-state index in [9.17, 15) is 19.5 Å². The summed E-state index contributed by atoms with van der Waals surface area (Å²) in [7, 11) is 1.30. The topological polar surface area (TPSA) is 89.9 Å². The minimum absolute atomic E-state index is 0.00838. The van der Waals surface area contributed by atoms with Gasteiger partial charge in [0.25, 0.3) is 0 Å². The molecule has 0 aromatic carbocycles. The molecule has 30 heavy (non-hydrogen) atoms. The van der Waals surface area contributed by atoms with Gasteiger partial charge in [-0.3, -0.25) is 14.4 Å². The van der Waals surface area contributed by atoms with Crippen LogP contribution in [0.3, 0.4) is 0 Å².